The minimum absolute atomic E-state index is 0.0534. The predicted molar refractivity (Wildman–Crippen MR) is 53.8 cm³/mol. The Morgan fingerprint density at radius 2 is 1.94 bits per heavy atom. The van der Waals surface area contributed by atoms with Crippen molar-refractivity contribution in [3.8, 4) is 11.4 Å². The van der Waals surface area contributed by atoms with Crippen molar-refractivity contribution >= 4 is 5.82 Å². The lowest BCUT2D eigenvalue weighted by atomic mass is 10.2. The Kier molecular flexibility index (Phi) is 2.49. The molecule has 0 spiro atoms. The molecule has 17 heavy (non-hydrogen) atoms. The van der Waals surface area contributed by atoms with Gasteiger partial charge in [0, 0.05) is 5.56 Å². The van der Waals surface area contributed by atoms with Gasteiger partial charge < -0.3 is 5.73 Å². The molecule has 0 saturated heterocycles. The van der Waals surface area contributed by atoms with Gasteiger partial charge >= 0.3 is 6.18 Å². The van der Waals surface area contributed by atoms with Gasteiger partial charge in [-0.25, -0.2) is 9.97 Å². The van der Waals surface area contributed by atoms with Crippen LogP contribution in [0, 0.1) is 6.92 Å². The van der Waals surface area contributed by atoms with Crippen molar-refractivity contribution in [3.63, 3.8) is 0 Å². The number of aryl methyl sites for hydroxylation is 1. The lowest BCUT2D eigenvalue weighted by Crippen LogP contribution is -2.07. The third-order valence-corrected chi connectivity index (χ3v) is 2.10. The molecule has 2 heterocycles. The fourth-order valence-electron chi connectivity index (χ4n) is 1.33. The van der Waals surface area contributed by atoms with E-state index in [2.05, 4.69) is 15.1 Å². The summed E-state index contributed by atoms with van der Waals surface area (Å²) in [5.74, 6) is -0.899. The summed E-state index contributed by atoms with van der Waals surface area (Å²) in [7, 11) is 0. The minimum Gasteiger partial charge on any atom is -0.384 e. The van der Waals surface area contributed by atoms with Crippen LogP contribution in [0.2, 0.25) is 0 Å². The highest BCUT2D eigenvalue weighted by atomic mass is 19.4. The smallest absolute Gasteiger partial charge is 0.384 e. The predicted octanol–water partition coefficient (Wildman–Crippen LogP) is 1.78. The van der Waals surface area contributed by atoms with Gasteiger partial charge in [-0.3, -0.25) is 5.10 Å². The van der Waals surface area contributed by atoms with Crippen LogP contribution in [-0.2, 0) is 6.18 Å². The van der Waals surface area contributed by atoms with E-state index in [1.54, 1.807) is 6.92 Å². The van der Waals surface area contributed by atoms with E-state index in [0.717, 1.165) is 0 Å². The molecule has 0 fully saturated rings. The van der Waals surface area contributed by atoms with Gasteiger partial charge in [-0.2, -0.15) is 18.3 Å². The third-order valence-electron chi connectivity index (χ3n) is 2.10. The molecule has 0 aliphatic carbocycles. The number of nitrogen functional groups attached to an aromatic ring is 1. The zero-order chi connectivity index (χ0) is 12.6. The standard InChI is InChI=1S/C9H8F3N5/c1-4-5(2-3-6(13)14-4)7-15-8(17-16-7)9(10,11)12/h2-3H,1H3,(H2,13,14)(H,15,16,17). The highest BCUT2D eigenvalue weighted by molar-refractivity contribution is 5.59. The molecule has 0 bridgehead atoms. The van der Waals surface area contributed by atoms with Crippen LogP contribution in [0.4, 0.5) is 19.0 Å². The summed E-state index contributed by atoms with van der Waals surface area (Å²) in [5.41, 5.74) is 6.32. The van der Waals surface area contributed by atoms with E-state index < -0.39 is 12.0 Å². The molecule has 3 N–H and O–H groups in total. The molecule has 0 aliphatic rings. The topological polar surface area (TPSA) is 80.5 Å². The number of alkyl halides is 3. The average molecular weight is 243 g/mol. The third kappa shape index (κ3) is 2.19. The maximum absolute atomic E-state index is 12.3. The first kappa shape index (κ1) is 11.4. The molecule has 2 aromatic heterocycles. The number of anilines is 1. The second-order valence-corrected chi connectivity index (χ2v) is 3.37. The van der Waals surface area contributed by atoms with Crippen molar-refractivity contribution in [2.45, 2.75) is 13.1 Å². The Morgan fingerprint density at radius 3 is 2.47 bits per heavy atom. The van der Waals surface area contributed by atoms with E-state index in [4.69, 9.17) is 5.73 Å². The van der Waals surface area contributed by atoms with Crippen molar-refractivity contribution in [3.05, 3.63) is 23.7 Å². The molecule has 0 atom stereocenters. The Morgan fingerprint density at radius 1 is 1.24 bits per heavy atom. The Hall–Kier alpha value is -2.12. The molecule has 0 saturated carbocycles. The molecular weight excluding hydrogens is 235 g/mol. The van der Waals surface area contributed by atoms with Crippen molar-refractivity contribution in [2.75, 3.05) is 5.73 Å². The van der Waals surface area contributed by atoms with E-state index in [0.29, 0.717) is 11.3 Å². The lowest BCUT2D eigenvalue weighted by molar-refractivity contribution is -0.144. The van der Waals surface area contributed by atoms with Crippen LogP contribution in [0.1, 0.15) is 11.5 Å². The van der Waals surface area contributed by atoms with Gasteiger partial charge in [0.25, 0.3) is 0 Å². The molecule has 5 nitrogen and oxygen atoms in total. The molecule has 0 radical (unpaired) electrons. The molecule has 0 aliphatic heterocycles. The van der Waals surface area contributed by atoms with Gasteiger partial charge in [-0.1, -0.05) is 0 Å². The Labute approximate surface area is 93.9 Å². The van der Waals surface area contributed by atoms with E-state index in [1.807, 2.05) is 5.10 Å². The normalized spacial score (nSPS) is 11.8. The number of H-pyrrole nitrogens is 1. The molecule has 2 rings (SSSR count). The Balaban J connectivity index is 2.44. The second kappa shape index (κ2) is 3.72. The fourth-order valence-corrected chi connectivity index (χ4v) is 1.33. The number of hydrogen-bond acceptors (Lipinski definition) is 4. The largest absolute Gasteiger partial charge is 0.451 e. The zero-order valence-electron chi connectivity index (χ0n) is 8.71. The maximum atomic E-state index is 12.3. The van der Waals surface area contributed by atoms with E-state index in [1.165, 1.54) is 12.1 Å². The first-order valence-corrected chi connectivity index (χ1v) is 4.61. The first-order valence-electron chi connectivity index (χ1n) is 4.61. The number of rotatable bonds is 1. The number of aromatic nitrogens is 4. The van der Waals surface area contributed by atoms with Crippen LogP contribution in [0.25, 0.3) is 11.4 Å². The minimum atomic E-state index is -4.54. The molecule has 0 aromatic carbocycles. The second-order valence-electron chi connectivity index (χ2n) is 3.37. The fraction of sp³-hybridized carbons (Fsp3) is 0.222. The summed E-state index contributed by atoms with van der Waals surface area (Å²) in [5, 5.41) is 5.35. The monoisotopic (exact) mass is 243 g/mol. The number of aromatic amines is 1. The highest BCUT2D eigenvalue weighted by Crippen LogP contribution is 2.28. The van der Waals surface area contributed by atoms with E-state index in [-0.39, 0.29) is 11.6 Å². The molecule has 2 aromatic rings. The van der Waals surface area contributed by atoms with Crippen molar-refractivity contribution in [2.24, 2.45) is 0 Å². The molecule has 0 amide bonds. The summed E-state index contributed by atoms with van der Waals surface area (Å²) < 4.78 is 36.9. The SMILES string of the molecule is Cc1nc(N)ccc1-c1n[nH]c(C(F)(F)F)n1. The average Bonchev–Trinajstić information content (AvgIpc) is 2.65. The van der Waals surface area contributed by atoms with Crippen LogP contribution >= 0.6 is 0 Å². The van der Waals surface area contributed by atoms with Crippen LogP contribution in [0.3, 0.4) is 0 Å². The summed E-state index contributed by atoms with van der Waals surface area (Å²) >= 11 is 0. The molecular formula is C9H8F3N5. The number of halogens is 3. The van der Waals surface area contributed by atoms with Gasteiger partial charge in [-0.15, -0.1) is 0 Å². The molecule has 8 heteroatoms. The van der Waals surface area contributed by atoms with Crippen LogP contribution in [0.5, 0.6) is 0 Å². The van der Waals surface area contributed by atoms with E-state index in [9.17, 15) is 13.2 Å². The molecule has 90 valence electrons. The van der Waals surface area contributed by atoms with Gasteiger partial charge in [0.15, 0.2) is 5.82 Å². The number of hydrogen-bond donors (Lipinski definition) is 2. The van der Waals surface area contributed by atoms with Crippen LogP contribution < -0.4 is 5.73 Å². The summed E-state index contributed by atoms with van der Waals surface area (Å²) in [6.07, 6.45) is -4.54. The number of nitrogens with two attached hydrogens (primary N) is 1. The lowest BCUT2D eigenvalue weighted by Gasteiger charge is -2.01. The van der Waals surface area contributed by atoms with Crippen molar-refractivity contribution in [1.82, 2.24) is 20.2 Å². The maximum Gasteiger partial charge on any atom is 0.451 e. The number of nitrogens with one attached hydrogen (secondary N) is 1. The Bertz CT molecular complexity index is 546. The van der Waals surface area contributed by atoms with Crippen LogP contribution in [-0.4, -0.2) is 20.2 Å². The quantitative estimate of drug-likeness (QED) is 0.799. The number of nitrogens with zero attached hydrogens (tertiary/aromatic N) is 3. The van der Waals surface area contributed by atoms with E-state index >= 15 is 0 Å². The van der Waals surface area contributed by atoms with Crippen molar-refractivity contribution in [1.29, 1.82) is 0 Å². The summed E-state index contributed by atoms with van der Waals surface area (Å²) in [4.78, 5) is 7.29. The zero-order valence-corrected chi connectivity index (χ0v) is 8.71. The first-order chi connectivity index (χ1) is 7.88. The van der Waals surface area contributed by atoms with Gasteiger partial charge in [0.2, 0.25) is 5.82 Å². The van der Waals surface area contributed by atoms with Crippen molar-refractivity contribution < 1.29 is 13.2 Å². The highest BCUT2D eigenvalue weighted by Gasteiger charge is 2.35. The van der Waals surface area contributed by atoms with Crippen LogP contribution in [0.15, 0.2) is 12.1 Å². The summed E-state index contributed by atoms with van der Waals surface area (Å²) in [6, 6.07) is 3.01. The van der Waals surface area contributed by atoms with Gasteiger partial charge in [0.05, 0.1) is 5.69 Å². The molecule has 0 unspecified atom stereocenters. The number of pyridine rings is 1. The summed E-state index contributed by atoms with van der Waals surface area (Å²) in [6.45, 7) is 1.62. The van der Waals surface area contributed by atoms with Gasteiger partial charge in [0.1, 0.15) is 5.82 Å². The van der Waals surface area contributed by atoms with Gasteiger partial charge in [-0.05, 0) is 19.1 Å².